The molecule has 1 aromatic carbocycles. The lowest BCUT2D eigenvalue weighted by molar-refractivity contribution is 0.0694. The van der Waals surface area contributed by atoms with Crippen molar-refractivity contribution < 1.29 is 4.79 Å². The summed E-state index contributed by atoms with van der Waals surface area (Å²) in [7, 11) is 0. The summed E-state index contributed by atoms with van der Waals surface area (Å²) in [6, 6.07) is 11.1. The molecular weight excluding hydrogens is 318 g/mol. The fourth-order valence-corrected chi connectivity index (χ4v) is 3.48. The Bertz CT molecular complexity index is 965. The summed E-state index contributed by atoms with van der Waals surface area (Å²) in [5.41, 5.74) is 7.78. The van der Waals surface area contributed by atoms with E-state index in [4.69, 9.17) is 5.73 Å². The van der Waals surface area contributed by atoms with Crippen LogP contribution in [0.25, 0.3) is 11.0 Å². The van der Waals surface area contributed by atoms with Crippen molar-refractivity contribution in [2.24, 2.45) is 0 Å². The highest BCUT2D eigenvalue weighted by Gasteiger charge is 2.26. The molecule has 7 nitrogen and oxygen atoms in total. The standard InChI is InChI=1S/C18H19N5O2/c19-16-6-5-12(11-20-16)17(24)22-9-7-13(8-10-22)23-15-4-2-1-3-14(15)21-18(23)25/h1-6,11,13H,7-10H2,(H2,19,20)(H,21,25). The van der Waals surface area contributed by atoms with Crippen LogP contribution in [0.1, 0.15) is 29.2 Å². The number of fused-ring (bicyclic) bond motifs is 1. The number of imidazole rings is 1. The molecule has 3 aromatic rings. The van der Waals surface area contributed by atoms with Gasteiger partial charge in [0.25, 0.3) is 5.91 Å². The molecule has 0 bridgehead atoms. The first-order chi connectivity index (χ1) is 12.1. The van der Waals surface area contributed by atoms with E-state index in [1.54, 1.807) is 12.1 Å². The van der Waals surface area contributed by atoms with E-state index in [1.165, 1.54) is 6.20 Å². The van der Waals surface area contributed by atoms with Crippen molar-refractivity contribution in [2.45, 2.75) is 18.9 Å². The van der Waals surface area contributed by atoms with Gasteiger partial charge in [0.15, 0.2) is 0 Å². The van der Waals surface area contributed by atoms with Gasteiger partial charge in [-0.05, 0) is 37.1 Å². The Kier molecular flexibility index (Phi) is 3.76. The van der Waals surface area contributed by atoms with Crippen LogP contribution in [0.15, 0.2) is 47.4 Å². The number of piperidine rings is 1. The molecule has 1 aliphatic heterocycles. The molecule has 1 amide bonds. The van der Waals surface area contributed by atoms with E-state index in [2.05, 4.69) is 9.97 Å². The van der Waals surface area contributed by atoms with Crippen LogP contribution < -0.4 is 11.4 Å². The topological polar surface area (TPSA) is 97.0 Å². The fourth-order valence-electron chi connectivity index (χ4n) is 3.48. The van der Waals surface area contributed by atoms with Crippen LogP contribution in [0.3, 0.4) is 0 Å². The molecule has 3 N–H and O–H groups in total. The SMILES string of the molecule is Nc1ccc(C(=O)N2CCC(n3c(=O)[nH]c4ccccc43)CC2)cn1. The molecule has 128 valence electrons. The Morgan fingerprint density at radius 2 is 1.92 bits per heavy atom. The van der Waals surface area contributed by atoms with Crippen LogP contribution in [0.2, 0.25) is 0 Å². The fraction of sp³-hybridized carbons (Fsp3) is 0.278. The third-order valence-corrected chi connectivity index (χ3v) is 4.77. The first-order valence-electron chi connectivity index (χ1n) is 8.33. The van der Waals surface area contributed by atoms with Crippen LogP contribution in [0.5, 0.6) is 0 Å². The van der Waals surface area contributed by atoms with E-state index in [0.29, 0.717) is 24.5 Å². The van der Waals surface area contributed by atoms with Crippen molar-refractivity contribution in [3.8, 4) is 0 Å². The van der Waals surface area contributed by atoms with Crippen LogP contribution in [-0.4, -0.2) is 38.4 Å². The van der Waals surface area contributed by atoms with Gasteiger partial charge in [0.1, 0.15) is 5.82 Å². The largest absolute Gasteiger partial charge is 0.384 e. The number of aromatic nitrogens is 3. The molecule has 1 aliphatic rings. The lowest BCUT2D eigenvalue weighted by Gasteiger charge is -2.32. The zero-order valence-electron chi connectivity index (χ0n) is 13.7. The third kappa shape index (κ3) is 2.77. The summed E-state index contributed by atoms with van der Waals surface area (Å²) in [6.45, 7) is 1.22. The maximum atomic E-state index is 12.6. The summed E-state index contributed by atoms with van der Waals surface area (Å²) in [6.07, 6.45) is 3.00. The number of nitrogens with one attached hydrogen (secondary N) is 1. The minimum Gasteiger partial charge on any atom is -0.384 e. The maximum Gasteiger partial charge on any atom is 0.326 e. The van der Waals surface area contributed by atoms with Gasteiger partial charge in [-0.2, -0.15) is 0 Å². The number of para-hydroxylation sites is 2. The first-order valence-corrected chi connectivity index (χ1v) is 8.33. The zero-order valence-corrected chi connectivity index (χ0v) is 13.7. The van der Waals surface area contributed by atoms with Crippen molar-refractivity contribution in [3.05, 3.63) is 58.6 Å². The van der Waals surface area contributed by atoms with E-state index < -0.39 is 0 Å². The van der Waals surface area contributed by atoms with Gasteiger partial charge in [-0.3, -0.25) is 9.36 Å². The van der Waals surface area contributed by atoms with Gasteiger partial charge in [0.05, 0.1) is 16.6 Å². The number of nitrogen functional groups attached to an aromatic ring is 1. The molecule has 0 radical (unpaired) electrons. The molecule has 25 heavy (non-hydrogen) atoms. The molecule has 0 atom stereocenters. The van der Waals surface area contributed by atoms with Crippen molar-refractivity contribution in [1.82, 2.24) is 19.4 Å². The number of hydrogen-bond acceptors (Lipinski definition) is 4. The molecule has 3 heterocycles. The number of carbonyl (C=O) groups is 1. The van der Waals surface area contributed by atoms with Crippen molar-refractivity contribution in [1.29, 1.82) is 0 Å². The average Bonchev–Trinajstić information content (AvgIpc) is 2.97. The molecule has 4 rings (SSSR count). The van der Waals surface area contributed by atoms with Crippen molar-refractivity contribution in [3.63, 3.8) is 0 Å². The number of aromatic amines is 1. The summed E-state index contributed by atoms with van der Waals surface area (Å²) in [5, 5.41) is 0. The molecule has 2 aromatic heterocycles. The molecule has 0 unspecified atom stereocenters. The van der Waals surface area contributed by atoms with E-state index in [1.807, 2.05) is 33.7 Å². The predicted molar refractivity (Wildman–Crippen MR) is 95.4 cm³/mol. The summed E-state index contributed by atoms with van der Waals surface area (Å²) in [4.78, 5) is 33.5. The van der Waals surface area contributed by atoms with Gasteiger partial charge in [-0.25, -0.2) is 9.78 Å². The molecule has 7 heteroatoms. The highest BCUT2D eigenvalue weighted by molar-refractivity contribution is 5.94. The maximum absolute atomic E-state index is 12.6. The summed E-state index contributed by atoms with van der Waals surface area (Å²) >= 11 is 0. The minimum absolute atomic E-state index is 0.0442. The van der Waals surface area contributed by atoms with Crippen LogP contribution in [-0.2, 0) is 0 Å². The molecule has 0 spiro atoms. The second-order valence-electron chi connectivity index (χ2n) is 6.31. The molecule has 1 saturated heterocycles. The lowest BCUT2D eigenvalue weighted by Crippen LogP contribution is -2.40. The quantitative estimate of drug-likeness (QED) is 0.745. The average molecular weight is 337 g/mol. The zero-order chi connectivity index (χ0) is 17.4. The Morgan fingerprint density at radius 1 is 1.16 bits per heavy atom. The number of rotatable bonds is 2. The number of nitrogens with two attached hydrogens (primary N) is 1. The second kappa shape index (κ2) is 6.08. The number of hydrogen-bond donors (Lipinski definition) is 2. The van der Waals surface area contributed by atoms with Crippen molar-refractivity contribution >= 4 is 22.8 Å². The van der Waals surface area contributed by atoms with E-state index in [9.17, 15) is 9.59 Å². The van der Waals surface area contributed by atoms with Crippen LogP contribution in [0, 0.1) is 0 Å². The van der Waals surface area contributed by atoms with Gasteiger partial charge < -0.3 is 15.6 Å². The predicted octanol–water partition coefficient (Wildman–Crippen LogP) is 1.78. The molecule has 0 aliphatic carbocycles. The minimum atomic E-state index is -0.0892. The second-order valence-corrected chi connectivity index (χ2v) is 6.31. The third-order valence-electron chi connectivity index (χ3n) is 4.77. The summed E-state index contributed by atoms with van der Waals surface area (Å²) in [5.74, 6) is 0.353. The van der Waals surface area contributed by atoms with Gasteiger partial charge in [0, 0.05) is 25.3 Å². The van der Waals surface area contributed by atoms with E-state index >= 15 is 0 Å². The smallest absolute Gasteiger partial charge is 0.326 e. The first kappa shape index (κ1) is 15.4. The highest BCUT2D eigenvalue weighted by atomic mass is 16.2. The number of amides is 1. The number of nitrogens with zero attached hydrogens (tertiary/aromatic N) is 3. The van der Waals surface area contributed by atoms with Crippen molar-refractivity contribution in [2.75, 3.05) is 18.8 Å². The number of carbonyl (C=O) groups excluding carboxylic acids is 1. The Labute approximate surface area is 144 Å². The van der Waals surface area contributed by atoms with Gasteiger partial charge >= 0.3 is 5.69 Å². The van der Waals surface area contributed by atoms with Crippen LogP contribution >= 0.6 is 0 Å². The van der Waals surface area contributed by atoms with Gasteiger partial charge in [-0.15, -0.1) is 0 Å². The van der Waals surface area contributed by atoms with E-state index in [0.717, 1.165) is 23.9 Å². The highest BCUT2D eigenvalue weighted by Crippen LogP contribution is 2.25. The van der Waals surface area contributed by atoms with Crippen LogP contribution in [0.4, 0.5) is 5.82 Å². The number of H-pyrrole nitrogens is 1. The number of likely N-dealkylation sites (tertiary alicyclic amines) is 1. The molecular formula is C18H19N5O2. The number of anilines is 1. The molecule has 0 saturated carbocycles. The Hall–Kier alpha value is -3.09. The van der Waals surface area contributed by atoms with Gasteiger partial charge in [-0.1, -0.05) is 12.1 Å². The Morgan fingerprint density at radius 3 is 2.64 bits per heavy atom. The Balaban J connectivity index is 1.51. The monoisotopic (exact) mass is 337 g/mol. The normalized spacial score (nSPS) is 15.6. The van der Waals surface area contributed by atoms with Gasteiger partial charge in [0.2, 0.25) is 0 Å². The number of pyridine rings is 1. The lowest BCUT2D eigenvalue weighted by atomic mass is 10.0. The van der Waals surface area contributed by atoms with E-state index in [-0.39, 0.29) is 17.6 Å². The number of benzene rings is 1. The summed E-state index contributed by atoms with van der Waals surface area (Å²) < 4.78 is 1.82. The molecule has 1 fully saturated rings.